The Bertz CT molecular complexity index is 1110. The summed E-state index contributed by atoms with van der Waals surface area (Å²) in [5.74, 6) is -0.571. The van der Waals surface area contributed by atoms with Gasteiger partial charge in [0.2, 0.25) is 11.8 Å². The average Bonchev–Trinajstić information content (AvgIpc) is 2.73. The molecule has 35 heavy (non-hydrogen) atoms. The summed E-state index contributed by atoms with van der Waals surface area (Å²) in [4.78, 5) is 24.5. The molecule has 3 saturated carbocycles. The van der Waals surface area contributed by atoms with Gasteiger partial charge in [0, 0.05) is 23.6 Å². The zero-order valence-corrected chi connectivity index (χ0v) is 18.4. The van der Waals surface area contributed by atoms with Gasteiger partial charge in [-0.1, -0.05) is 24.3 Å². The first kappa shape index (κ1) is 24.8. The van der Waals surface area contributed by atoms with Gasteiger partial charge in [-0.3, -0.25) is 9.59 Å². The number of aryl methyl sites for hydroxylation is 1. The molecule has 0 saturated heterocycles. The first-order chi connectivity index (χ1) is 16.3. The van der Waals surface area contributed by atoms with E-state index in [0.717, 1.165) is 24.3 Å². The summed E-state index contributed by atoms with van der Waals surface area (Å²) < 4.78 is 75.7. The molecule has 4 nitrogen and oxygen atoms in total. The molecule has 2 aromatic rings. The topological polar surface area (TPSA) is 58.2 Å². The largest absolute Gasteiger partial charge is 0.416 e. The summed E-state index contributed by atoms with van der Waals surface area (Å²) in [6.07, 6.45) is -3.94. The Kier molecular flexibility index (Phi) is 6.19. The smallest absolute Gasteiger partial charge is 0.350 e. The highest BCUT2D eigenvalue weighted by Crippen LogP contribution is 2.60. The van der Waals surface area contributed by atoms with Crippen molar-refractivity contribution in [2.75, 3.05) is 0 Å². The number of halogens is 6. The van der Waals surface area contributed by atoms with Crippen LogP contribution in [-0.2, 0) is 28.4 Å². The molecule has 2 bridgehead atoms. The fourth-order valence-electron chi connectivity index (χ4n) is 4.79. The Hall–Kier alpha value is -3.30. The van der Waals surface area contributed by atoms with Gasteiger partial charge in [-0.2, -0.15) is 26.3 Å². The molecule has 10 heteroatoms. The summed E-state index contributed by atoms with van der Waals surface area (Å²) in [5.41, 5.74) is -1.18. The maximum atomic E-state index is 12.6. The van der Waals surface area contributed by atoms with Gasteiger partial charge < -0.3 is 10.6 Å². The Morgan fingerprint density at radius 3 is 1.77 bits per heavy atom. The maximum absolute atomic E-state index is 12.6. The number of alkyl halides is 6. The van der Waals surface area contributed by atoms with E-state index >= 15 is 0 Å². The lowest BCUT2D eigenvalue weighted by molar-refractivity contribution is -0.147. The third-order valence-electron chi connectivity index (χ3n) is 6.41. The summed E-state index contributed by atoms with van der Waals surface area (Å²) >= 11 is 0. The summed E-state index contributed by atoms with van der Waals surface area (Å²) in [7, 11) is 0. The molecule has 0 aliphatic heterocycles. The van der Waals surface area contributed by atoms with Crippen LogP contribution in [0.25, 0.3) is 6.08 Å². The second-order valence-corrected chi connectivity index (χ2v) is 9.28. The van der Waals surface area contributed by atoms with E-state index in [1.165, 1.54) is 36.4 Å². The molecule has 0 atom stereocenters. The van der Waals surface area contributed by atoms with Gasteiger partial charge in [0.1, 0.15) is 0 Å². The highest BCUT2D eigenvalue weighted by molar-refractivity contribution is 5.92. The van der Waals surface area contributed by atoms with Crippen LogP contribution in [0.15, 0.2) is 54.6 Å². The van der Waals surface area contributed by atoms with Crippen molar-refractivity contribution >= 4 is 17.9 Å². The molecule has 0 aromatic heterocycles. The fourth-order valence-corrected chi connectivity index (χ4v) is 4.79. The van der Waals surface area contributed by atoms with Crippen LogP contribution in [0.2, 0.25) is 0 Å². The monoisotopic (exact) mass is 496 g/mol. The van der Waals surface area contributed by atoms with E-state index in [1.807, 2.05) is 0 Å². The van der Waals surface area contributed by atoms with Crippen molar-refractivity contribution < 1.29 is 35.9 Å². The van der Waals surface area contributed by atoms with Crippen LogP contribution in [0.5, 0.6) is 0 Å². The molecule has 2 N–H and O–H groups in total. The fraction of sp³-hybridized carbons (Fsp3) is 0.360. The number of amides is 2. The van der Waals surface area contributed by atoms with Crippen LogP contribution in [0.3, 0.4) is 0 Å². The second kappa shape index (κ2) is 8.73. The van der Waals surface area contributed by atoms with E-state index < -0.39 is 29.0 Å². The average molecular weight is 496 g/mol. The first-order valence-corrected chi connectivity index (χ1v) is 10.9. The van der Waals surface area contributed by atoms with Crippen molar-refractivity contribution in [1.29, 1.82) is 0 Å². The lowest BCUT2D eigenvalue weighted by atomic mass is 9.44. The Morgan fingerprint density at radius 1 is 0.771 bits per heavy atom. The summed E-state index contributed by atoms with van der Waals surface area (Å²) in [6, 6.07) is 9.16. The SMILES string of the molecule is O=C(/C=C/c1ccc(C(F)(F)F)cc1)NC12CC(NC(=O)CCc3ccc(C(F)(F)F)cc3)(C1)C2. The number of carbonyl (C=O) groups excluding carboxylic acids is 2. The van der Waals surface area contributed by atoms with Crippen molar-refractivity contribution in [3.8, 4) is 0 Å². The lowest BCUT2D eigenvalue weighted by Crippen LogP contribution is -2.83. The Morgan fingerprint density at radius 2 is 1.26 bits per heavy atom. The Labute approximate surface area is 197 Å². The van der Waals surface area contributed by atoms with Gasteiger partial charge >= 0.3 is 12.4 Å². The van der Waals surface area contributed by atoms with Gasteiger partial charge in [-0.05, 0) is 67.2 Å². The number of nitrogens with one attached hydrogen (secondary N) is 2. The predicted octanol–water partition coefficient (Wildman–Crippen LogP) is 5.28. The number of hydrogen-bond donors (Lipinski definition) is 2. The normalized spacial score (nSPS) is 23.4. The molecule has 0 unspecified atom stereocenters. The van der Waals surface area contributed by atoms with E-state index in [2.05, 4.69) is 10.6 Å². The van der Waals surface area contributed by atoms with Crippen LogP contribution in [0.4, 0.5) is 26.3 Å². The van der Waals surface area contributed by atoms with Crippen molar-refractivity contribution in [3.05, 3.63) is 76.9 Å². The molecule has 186 valence electrons. The standard InChI is InChI=1S/C25H22F6N2O2/c26-24(27,28)18-7-1-16(2-8-18)5-11-20(34)32-22-13-23(14-22,15-22)33-21(35)12-6-17-3-9-19(10-4-17)25(29,30)31/h1-5,7-11H,6,12-15H2,(H,32,34)(H,33,35)/b11-5+. The third kappa shape index (κ3) is 5.68. The second-order valence-electron chi connectivity index (χ2n) is 9.28. The molecular formula is C25H22F6N2O2. The van der Waals surface area contributed by atoms with E-state index in [-0.39, 0.29) is 23.8 Å². The minimum Gasteiger partial charge on any atom is -0.350 e. The third-order valence-corrected chi connectivity index (χ3v) is 6.41. The summed E-state index contributed by atoms with van der Waals surface area (Å²) in [5, 5.41) is 5.85. The molecule has 3 fully saturated rings. The van der Waals surface area contributed by atoms with Gasteiger partial charge in [0.25, 0.3) is 0 Å². The van der Waals surface area contributed by atoms with E-state index in [4.69, 9.17) is 0 Å². The highest BCUT2D eigenvalue weighted by atomic mass is 19.4. The van der Waals surface area contributed by atoms with Crippen LogP contribution in [0.1, 0.15) is 47.9 Å². The minimum absolute atomic E-state index is 0.141. The zero-order valence-electron chi connectivity index (χ0n) is 18.4. The lowest BCUT2D eigenvalue weighted by Gasteiger charge is -2.70. The van der Waals surface area contributed by atoms with Crippen LogP contribution < -0.4 is 10.6 Å². The van der Waals surface area contributed by atoms with Gasteiger partial charge in [-0.25, -0.2) is 0 Å². The maximum Gasteiger partial charge on any atom is 0.416 e. The number of rotatable bonds is 7. The molecule has 0 spiro atoms. The molecule has 3 aliphatic rings. The molecule has 0 heterocycles. The molecule has 5 rings (SSSR count). The highest BCUT2D eigenvalue weighted by Gasteiger charge is 2.69. The number of hydrogen-bond acceptors (Lipinski definition) is 2. The quantitative estimate of drug-likeness (QED) is 0.405. The molecule has 3 aliphatic carbocycles. The number of benzene rings is 2. The Balaban J connectivity index is 1.19. The van der Waals surface area contributed by atoms with Crippen LogP contribution >= 0.6 is 0 Å². The molecule has 2 amide bonds. The van der Waals surface area contributed by atoms with Crippen LogP contribution in [0, 0.1) is 0 Å². The molecule has 0 radical (unpaired) electrons. The van der Waals surface area contributed by atoms with Crippen molar-refractivity contribution in [2.45, 2.75) is 55.5 Å². The number of carbonyl (C=O) groups is 2. The summed E-state index contributed by atoms with van der Waals surface area (Å²) in [6.45, 7) is 0. The van der Waals surface area contributed by atoms with E-state index in [0.29, 0.717) is 36.8 Å². The van der Waals surface area contributed by atoms with Gasteiger partial charge in [0.15, 0.2) is 0 Å². The van der Waals surface area contributed by atoms with Crippen molar-refractivity contribution in [2.24, 2.45) is 0 Å². The zero-order chi connectivity index (χ0) is 25.5. The predicted molar refractivity (Wildman–Crippen MR) is 116 cm³/mol. The first-order valence-electron chi connectivity index (χ1n) is 10.9. The van der Waals surface area contributed by atoms with Crippen LogP contribution in [-0.4, -0.2) is 22.9 Å². The minimum atomic E-state index is -4.42. The molecule has 2 aromatic carbocycles. The van der Waals surface area contributed by atoms with E-state index in [9.17, 15) is 35.9 Å². The van der Waals surface area contributed by atoms with Crippen molar-refractivity contribution in [3.63, 3.8) is 0 Å². The van der Waals surface area contributed by atoms with Crippen molar-refractivity contribution in [1.82, 2.24) is 10.6 Å². The van der Waals surface area contributed by atoms with E-state index in [1.54, 1.807) is 0 Å². The van der Waals surface area contributed by atoms with Gasteiger partial charge in [-0.15, -0.1) is 0 Å². The molecular weight excluding hydrogens is 474 g/mol. The van der Waals surface area contributed by atoms with Gasteiger partial charge in [0.05, 0.1) is 11.1 Å².